The summed E-state index contributed by atoms with van der Waals surface area (Å²) in [5, 5.41) is 5.54. The molecule has 0 radical (unpaired) electrons. The van der Waals surface area contributed by atoms with Crippen molar-refractivity contribution in [3.8, 4) is 5.75 Å². The third-order valence-electron chi connectivity index (χ3n) is 3.28. The Balaban J connectivity index is 2.19. The van der Waals surface area contributed by atoms with E-state index in [2.05, 4.69) is 15.6 Å². The van der Waals surface area contributed by atoms with Gasteiger partial charge in [-0.15, -0.1) is 0 Å². The summed E-state index contributed by atoms with van der Waals surface area (Å²) in [5.41, 5.74) is 6.78. The number of ether oxygens (including phenoxy) is 1. The Kier molecular flexibility index (Phi) is 6.27. The molecule has 7 nitrogen and oxygen atoms in total. The quantitative estimate of drug-likeness (QED) is 0.721. The van der Waals surface area contributed by atoms with E-state index in [9.17, 15) is 9.59 Å². The van der Waals surface area contributed by atoms with Gasteiger partial charge in [0, 0.05) is 24.9 Å². The summed E-state index contributed by atoms with van der Waals surface area (Å²) in [5.74, 6) is 0.0832. The van der Waals surface area contributed by atoms with Crippen LogP contribution in [-0.2, 0) is 4.79 Å². The van der Waals surface area contributed by atoms with E-state index in [1.165, 1.54) is 13.3 Å². The molecule has 126 valence electrons. The van der Waals surface area contributed by atoms with Gasteiger partial charge in [-0.25, -0.2) is 0 Å². The lowest BCUT2D eigenvalue weighted by atomic mass is 10.2. The van der Waals surface area contributed by atoms with Crippen LogP contribution < -0.4 is 21.1 Å². The molecule has 2 amide bonds. The first kappa shape index (κ1) is 17.4. The number of amides is 2. The molecule has 2 aromatic rings. The van der Waals surface area contributed by atoms with Crippen molar-refractivity contribution in [3.05, 3.63) is 48.3 Å². The summed E-state index contributed by atoms with van der Waals surface area (Å²) in [6.07, 6.45) is 3.96. The molecule has 0 unspecified atom stereocenters. The Morgan fingerprint density at radius 2 is 2.04 bits per heavy atom. The van der Waals surface area contributed by atoms with E-state index in [1.54, 1.807) is 36.5 Å². The Bertz CT molecular complexity index is 704. The normalized spacial score (nSPS) is 10.1. The number of carbonyl (C=O) groups excluding carboxylic acids is 2. The summed E-state index contributed by atoms with van der Waals surface area (Å²) < 4.78 is 5.17. The largest absolute Gasteiger partial charge is 0.497 e. The molecule has 0 bridgehead atoms. The fourth-order valence-electron chi connectivity index (χ4n) is 2.03. The number of carbonyl (C=O) groups is 2. The lowest BCUT2D eigenvalue weighted by Gasteiger charge is -2.14. The van der Waals surface area contributed by atoms with Gasteiger partial charge in [0.2, 0.25) is 5.91 Å². The second-order valence-corrected chi connectivity index (χ2v) is 5.05. The molecule has 1 heterocycles. The van der Waals surface area contributed by atoms with Gasteiger partial charge in [0.05, 0.1) is 24.0 Å². The number of hydrogen-bond donors (Lipinski definition) is 3. The van der Waals surface area contributed by atoms with Crippen LogP contribution in [0.1, 0.15) is 23.2 Å². The lowest BCUT2D eigenvalue weighted by Crippen LogP contribution is -2.17. The molecular formula is C17H20N4O3. The third-order valence-corrected chi connectivity index (χ3v) is 3.28. The molecule has 0 aliphatic heterocycles. The van der Waals surface area contributed by atoms with Crippen molar-refractivity contribution in [1.82, 2.24) is 4.98 Å². The van der Waals surface area contributed by atoms with Crippen LogP contribution in [0.5, 0.6) is 5.75 Å². The number of nitrogens with two attached hydrogens (primary N) is 1. The summed E-state index contributed by atoms with van der Waals surface area (Å²) in [7, 11) is 1.53. The summed E-state index contributed by atoms with van der Waals surface area (Å²) in [4.78, 5) is 28.1. The minimum Gasteiger partial charge on any atom is -0.497 e. The molecule has 4 N–H and O–H groups in total. The SMILES string of the molecule is COc1ccc(NC(=O)c2cccnc2)c(NC(=O)CCCN)c1. The van der Waals surface area contributed by atoms with E-state index in [0.717, 1.165) is 0 Å². The first-order valence-electron chi connectivity index (χ1n) is 7.53. The van der Waals surface area contributed by atoms with Crippen LogP contribution in [0.15, 0.2) is 42.7 Å². The molecule has 1 aromatic heterocycles. The average molecular weight is 328 g/mol. The van der Waals surface area contributed by atoms with Crippen molar-refractivity contribution < 1.29 is 14.3 Å². The molecule has 0 aliphatic rings. The van der Waals surface area contributed by atoms with E-state index in [-0.39, 0.29) is 11.8 Å². The Morgan fingerprint density at radius 1 is 1.21 bits per heavy atom. The Labute approximate surface area is 140 Å². The Morgan fingerprint density at radius 3 is 2.71 bits per heavy atom. The zero-order valence-electron chi connectivity index (χ0n) is 13.4. The summed E-state index contributed by atoms with van der Waals surface area (Å²) in [6.45, 7) is 0.441. The minimum absolute atomic E-state index is 0.175. The molecule has 0 atom stereocenters. The van der Waals surface area contributed by atoms with Crippen LogP contribution in [0.25, 0.3) is 0 Å². The van der Waals surface area contributed by atoms with Gasteiger partial charge in [0.15, 0.2) is 0 Å². The van der Waals surface area contributed by atoms with E-state index in [4.69, 9.17) is 10.5 Å². The number of aromatic nitrogens is 1. The molecule has 7 heteroatoms. The molecule has 0 spiro atoms. The van der Waals surface area contributed by atoms with Gasteiger partial charge in [-0.2, -0.15) is 0 Å². The molecule has 0 saturated carbocycles. The van der Waals surface area contributed by atoms with Crippen molar-refractivity contribution in [1.29, 1.82) is 0 Å². The molecule has 0 aliphatic carbocycles. The zero-order chi connectivity index (χ0) is 17.4. The van der Waals surface area contributed by atoms with Gasteiger partial charge in [0.1, 0.15) is 5.75 Å². The van der Waals surface area contributed by atoms with Crippen LogP contribution in [0.2, 0.25) is 0 Å². The van der Waals surface area contributed by atoms with Crippen LogP contribution in [-0.4, -0.2) is 30.5 Å². The number of rotatable bonds is 7. The molecule has 0 fully saturated rings. The van der Waals surface area contributed by atoms with Crippen LogP contribution in [0.3, 0.4) is 0 Å². The average Bonchev–Trinajstić information content (AvgIpc) is 2.62. The van der Waals surface area contributed by atoms with Crippen molar-refractivity contribution in [2.45, 2.75) is 12.8 Å². The van der Waals surface area contributed by atoms with Gasteiger partial charge < -0.3 is 21.1 Å². The second-order valence-electron chi connectivity index (χ2n) is 5.05. The molecule has 2 rings (SSSR count). The molecule has 1 aromatic carbocycles. The van der Waals surface area contributed by atoms with E-state index < -0.39 is 0 Å². The number of methoxy groups -OCH3 is 1. The van der Waals surface area contributed by atoms with Crippen molar-refractivity contribution in [2.24, 2.45) is 5.73 Å². The monoisotopic (exact) mass is 328 g/mol. The van der Waals surface area contributed by atoms with Gasteiger partial charge in [-0.05, 0) is 37.2 Å². The first-order chi connectivity index (χ1) is 11.6. The maximum atomic E-state index is 12.3. The van der Waals surface area contributed by atoms with Crippen molar-refractivity contribution in [2.75, 3.05) is 24.3 Å². The number of anilines is 2. The topological polar surface area (TPSA) is 106 Å². The highest BCUT2D eigenvalue weighted by Crippen LogP contribution is 2.27. The highest BCUT2D eigenvalue weighted by molar-refractivity contribution is 6.07. The maximum Gasteiger partial charge on any atom is 0.257 e. The highest BCUT2D eigenvalue weighted by atomic mass is 16.5. The van der Waals surface area contributed by atoms with Crippen molar-refractivity contribution >= 4 is 23.2 Å². The standard InChI is InChI=1S/C17H20N4O3/c1-24-13-6-7-14(15(10-13)20-16(22)5-2-8-18)21-17(23)12-4-3-9-19-11-12/h3-4,6-7,9-11H,2,5,8,18H2,1H3,(H,20,22)(H,21,23). The predicted octanol–water partition coefficient (Wildman–Crippen LogP) is 2.02. The number of pyridine rings is 1. The van der Waals surface area contributed by atoms with Crippen LogP contribution in [0.4, 0.5) is 11.4 Å². The number of nitrogens with zero attached hydrogens (tertiary/aromatic N) is 1. The zero-order valence-corrected chi connectivity index (χ0v) is 13.4. The fraction of sp³-hybridized carbons (Fsp3) is 0.235. The minimum atomic E-state index is -0.314. The van der Waals surface area contributed by atoms with Crippen LogP contribution >= 0.6 is 0 Å². The highest BCUT2D eigenvalue weighted by Gasteiger charge is 2.12. The predicted molar refractivity (Wildman–Crippen MR) is 92.1 cm³/mol. The van der Waals surface area contributed by atoms with Crippen molar-refractivity contribution in [3.63, 3.8) is 0 Å². The lowest BCUT2D eigenvalue weighted by molar-refractivity contribution is -0.116. The van der Waals surface area contributed by atoms with Gasteiger partial charge in [-0.1, -0.05) is 0 Å². The molecule has 0 saturated heterocycles. The first-order valence-corrected chi connectivity index (χ1v) is 7.53. The maximum absolute atomic E-state index is 12.3. The Hall–Kier alpha value is -2.93. The fourth-order valence-corrected chi connectivity index (χ4v) is 2.03. The number of nitrogens with one attached hydrogen (secondary N) is 2. The smallest absolute Gasteiger partial charge is 0.257 e. The summed E-state index contributed by atoms with van der Waals surface area (Å²) >= 11 is 0. The van der Waals surface area contributed by atoms with Crippen LogP contribution in [0, 0.1) is 0 Å². The van der Waals surface area contributed by atoms with E-state index >= 15 is 0 Å². The number of hydrogen-bond acceptors (Lipinski definition) is 5. The van der Waals surface area contributed by atoms with E-state index in [0.29, 0.717) is 42.1 Å². The van der Waals surface area contributed by atoms with Gasteiger partial charge in [0.25, 0.3) is 5.91 Å². The molecular weight excluding hydrogens is 308 g/mol. The second kappa shape index (κ2) is 8.64. The van der Waals surface area contributed by atoms with Gasteiger partial charge in [-0.3, -0.25) is 14.6 Å². The summed E-state index contributed by atoms with van der Waals surface area (Å²) in [6, 6.07) is 8.36. The number of benzene rings is 1. The van der Waals surface area contributed by atoms with E-state index in [1.807, 2.05) is 0 Å². The third kappa shape index (κ3) is 4.79. The molecule has 24 heavy (non-hydrogen) atoms. The van der Waals surface area contributed by atoms with Gasteiger partial charge >= 0.3 is 0 Å².